The molecular weight excluding hydrogens is 422 g/mol. The largest absolute Gasteiger partial charge is 0.487 e. The van der Waals surface area contributed by atoms with Gasteiger partial charge in [0.05, 0.1) is 12.8 Å². The molecular formula is C21H27N3O8. The van der Waals surface area contributed by atoms with Crippen LogP contribution in [0.4, 0.5) is 0 Å². The Labute approximate surface area is 184 Å². The molecule has 1 saturated carbocycles. The van der Waals surface area contributed by atoms with Crippen LogP contribution in [-0.2, 0) is 34.5 Å². The zero-order chi connectivity index (χ0) is 23.0. The molecule has 32 heavy (non-hydrogen) atoms. The van der Waals surface area contributed by atoms with E-state index in [1.807, 2.05) is 6.07 Å². The molecule has 0 unspecified atom stereocenters. The first-order valence-electron chi connectivity index (χ1n) is 10.3. The van der Waals surface area contributed by atoms with Crippen molar-refractivity contribution in [1.82, 2.24) is 15.0 Å². The van der Waals surface area contributed by atoms with E-state index in [0.29, 0.717) is 23.4 Å². The Balaban J connectivity index is 1.57. The molecule has 2 aromatic rings. The maximum absolute atomic E-state index is 11.3. The summed E-state index contributed by atoms with van der Waals surface area (Å²) in [6.07, 6.45) is -2.98. The zero-order valence-corrected chi connectivity index (χ0v) is 17.8. The molecule has 2 aliphatic rings. The van der Waals surface area contributed by atoms with Gasteiger partial charge in [-0.2, -0.15) is 0 Å². The van der Waals surface area contributed by atoms with Crippen LogP contribution in [0, 0.1) is 0 Å². The van der Waals surface area contributed by atoms with Crippen molar-refractivity contribution in [2.45, 2.75) is 62.5 Å². The molecule has 4 N–H and O–H groups in total. The first-order valence-corrected chi connectivity index (χ1v) is 10.3. The summed E-state index contributed by atoms with van der Waals surface area (Å²) >= 11 is 0. The standard InChI is InChI=1S/C21H27N3O8/c1-11(26)30-9-13-4-3-12(5-16(13)31-10-14-7-24(2)23-22-14)15-6-21(15)20(29)19(28)18(27)17(8-25)32-21/h3-5,7,15,17-20,25,27-29H,6,8-10H2,1-2H3/t15-,17+,18+,19-,20+,21+/m0/s1. The topological polar surface area (TPSA) is 156 Å². The highest BCUT2D eigenvalue weighted by Crippen LogP contribution is 2.59. The van der Waals surface area contributed by atoms with E-state index in [4.69, 9.17) is 14.2 Å². The number of carbonyl (C=O) groups excluding carboxylic acids is 1. The number of aliphatic hydroxyl groups is 4. The number of esters is 1. The maximum Gasteiger partial charge on any atom is 0.302 e. The molecule has 6 atom stereocenters. The molecule has 1 aliphatic heterocycles. The lowest BCUT2D eigenvalue weighted by molar-refractivity contribution is -0.242. The summed E-state index contributed by atoms with van der Waals surface area (Å²) in [5, 5.41) is 48.2. The monoisotopic (exact) mass is 449 g/mol. The summed E-state index contributed by atoms with van der Waals surface area (Å²) < 4.78 is 18.4. The van der Waals surface area contributed by atoms with Crippen LogP contribution in [0.25, 0.3) is 0 Å². The minimum Gasteiger partial charge on any atom is -0.487 e. The predicted octanol–water partition coefficient (Wildman–Crippen LogP) is -0.843. The number of carbonyl (C=O) groups is 1. The number of aromatic nitrogens is 3. The second kappa shape index (κ2) is 8.75. The van der Waals surface area contributed by atoms with E-state index in [-0.39, 0.29) is 19.1 Å². The summed E-state index contributed by atoms with van der Waals surface area (Å²) in [5.41, 5.74) is 0.945. The average Bonchev–Trinajstić information content (AvgIpc) is 3.35. The van der Waals surface area contributed by atoms with Crippen molar-refractivity contribution >= 4 is 5.97 Å². The van der Waals surface area contributed by atoms with Crippen molar-refractivity contribution in [1.29, 1.82) is 0 Å². The summed E-state index contributed by atoms with van der Waals surface area (Å²) in [4.78, 5) is 11.3. The Bertz CT molecular complexity index is 980. The lowest BCUT2D eigenvalue weighted by atomic mass is 9.91. The molecule has 11 nitrogen and oxygen atoms in total. The molecule has 11 heteroatoms. The third-order valence-electron chi connectivity index (χ3n) is 6.01. The number of hydrogen-bond donors (Lipinski definition) is 4. The highest BCUT2D eigenvalue weighted by Gasteiger charge is 2.67. The fraction of sp³-hybridized carbons (Fsp3) is 0.571. The van der Waals surface area contributed by atoms with Crippen molar-refractivity contribution < 1.29 is 39.4 Å². The average molecular weight is 449 g/mol. The van der Waals surface area contributed by atoms with Gasteiger partial charge in [0.1, 0.15) is 54.7 Å². The van der Waals surface area contributed by atoms with E-state index in [1.54, 1.807) is 30.1 Å². The quantitative estimate of drug-likeness (QED) is 0.393. The number of hydrogen-bond acceptors (Lipinski definition) is 10. The van der Waals surface area contributed by atoms with Crippen molar-refractivity contribution in [3.05, 3.63) is 41.2 Å². The molecule has 2 heterocycles. The summed E-state index contributed by atoms with van der Waals surface area (Å²) in [6, 6.07) is 5.35. The van der Waals surface area contributed by atoms with Gasteiger partial charge in [-0.1, -0.05) is 17.3 Å². The summed E-state index contributed by atoms with van der Waals surface area (Å²) in [6.45, 7) is 1.02. The smallest absolute Gasteiger partial charge is 0.302 e. The van der Waals surface area contributed by atoms with E-state index in [9.17, 15) is 25.2 Å². The molecule has 1 aliphatic carbocycles. The Morgan fingerprint density at radius 1 is 1.28 bits per heavy atom. The van der Waals surface area contributed by atoms with Gasteiger partial charge < -0.3 is 34.6 Å². The fourth-order valence-electron chi connectivity index (χ4n) is 4.21. The number of nitrogens with zero attached hydrogens (tertiary/aromatic N) is 3. The Morgan fingerprint density at radius 3 is 2.72 bits per heavy atom. The normalized spacial score (nSPS) is 31.5. The van der Waals surface area contributed by atoms with Crippen LogP contribution in [0.2, 0.25) is 0 Å². The van der Waals surface area contributed by atoms with Gasteiger partial charge in [0.2, 0.25) is 0 Å². The molecule has 1 aromatic heterocycles. The van der Waals surface area contributed by atoms with Crippen molar-refractivity contribution in [2.75, 3.05) is 6.61 Å². The minimum absolute atomic E-state index is 0.0256. The molecule has 174 valence electrons. The van der Waals surface area contributed by atoms with Crippen molar-refractivity contribution in [3.8, 4) is 5.75 Å². The highest BCUT2D eigenvalue weighted by atomic mass is 16.6. The number of rotatable bonds is 7. The molecule has 1 aromatic carbocycles. The third-order valence-corrected chi connectivity index (χ3v) is 6.01. The Hall–Kier alpha value is -2.57. The highest BCUT2D eigenvalue weighted by molar-refractivity contribution is 5.66. The summed E-state index contributed by atoms with van der Waals surface area (Å²) in [5.74, 6) is -0.229. The molecule has 2 fully saturated rings. The molecule has 1 saturated heterocycles. The number of benzene rings is 1. The van der Waals surface area contributed by atoms with Crippen LogP contribution in [0.15, 0.2) is 24.4 Å². The van der Waals surface area contributed by atoms with Crippen LogP contribution >= 0.6 is 0 Å². The van der Waals surface area contributed by atoms with Gasteiger partial charge in [-0.15, -0.1) is 5.10 Å². The van der Waals surface area contributed by atoms with Gasteiger partial charge in [-0.05, 0) is 18.1 Å². The SMILES string of the molecule is CC(=O)OCc1ccc([C@@H]2C[C@@]23O[C@H](CO)[C@@H](O)[C@H](O)[C@H]3O)cc1OCc1cn(C)nn1. The molecule has 0 amide bonds. The van der Waals surface area contributed by atoms with E-state index in [1.165, 1.54) is 6.92 Å². The molecule has 0 bridgehead atoms. The Kier molecular flexibility index (Phi) is 6.19. The van der Waals surface area contributed by atoms with Gasteiger partial charge in [0.25, 0.3) is 0 Å². The number of ether oxygens (including phenoxy) is 3. The van der Waals surface area contributed by atoms with Gasteiger partial charge in [0, 0.05) is 25.5 Å². The first-order chi connectivity index (χ1) is 15.2. The van der Waals surface area contributed by atoms with Crippen LogP contribution in [-0.4, -0.2) is 78.0 Å². The fourth-order valence-corrected chi connectivity index (χ4v) is 4.21. The van der Waals surface area contributed by atoms with Gasteiger partial charge in [0.15, 0.2) is 0 Å². The second-order valence-electron chi connectivity index (χ2n) is 8.30. The van der Waals surface area contributed by atoms with E-state index >= 15 is 0 Å². The molecule has 4 rings (SSSR count). The number of aliphatic hydroxyl groups excluding tert-OH is 4. The molecule has 0 radical (unpaired) electrons. The van der Waals surface area contributed by atoms with Crippen molar-refractivity contribution in [3.63, 3.8) is 0 Å². The third kappa shape index (κ3) is 4.21. The lowest BCUT2D eigenvalue weighted by Gasteiger charge is -2.41. The maximum atomic E-state index is 11.3. The van der Waals surface area contributed by atoms with Gasteiger partial charge in [-0.3, -0.25) is 9.48 Å². The second-order valence-corrected chi connectivity index (χ2v) is 8.30. The predicted molar refractivity (Wildman–Crippen MR) is 107 cm³/mol. The van der Waals surface area contributed by atoms with Crippen LogP contribution < -0.4 is 4.74 Å². The number of aryl methyl sites for hydroxylation is 1. The van der Waals surface area contributed by atoms with Crippen LogP contribution in [0.3, 0.4) is 0 Å². The Morgan fingerprint density at radius 2 is 2.06 bits per heavy atom. The molecule has 1 spiro atoms. The van der Waals surface area contributed by atoms with Gasteiger partial charge >= 0.3 is 5.97 Å². The first kappa shape index (κ1) is 22.6. The van der Waals surface area contributed by atoms with Crippen LogP contribution in [0.5, 0.6) is 5.75 Å². The van der Waals surface area contributed by atoms with Crippen molar-refractivity contribution in [2.24, 2.45) is 7.05 Å². The zero-order valence-electron chi connectivity index (χ0n) is 17.8. The lowest BCUT2D eigenvalue weighted by Crippen LogP contribution is -2.60. The van der Waals surface area contributed by atoms with E-state index < -0.39 is 42.6 Å². The minimum atomic E-state index is -1.43. The van der Waals surface area contributed by atoms with Gasteiger partial charge in [-0.25, -0.2) is 0 Å². The summed E-state index contributed by atoms with van der Waals surface area (Å²) in [7, 11) is 1.75. The van der Waals surface area contributed by atoms with E-state index in [2.05, 4.69) is 10.3 Å². The van der Waals surface area contributed by atoms with E-state index in [0.717, 1.165) is 5.56 Å². The van der Waals surface area contributed by atoms with Crippen LogP contribution in [0.1, 0.15) is 36.1 Å².